The summed E-state index contributed by atoms with van der Waals surface area (Å²) in [7, 11) is 0. The van der Waals surface area contributed by atoms with E-state index in [2.05, 4.69) is 30.5 Å². The Balaban J connectivity index is 2.34. The largest absolute Gasteiger partial charge is 0.451 e. The van der Waals surface area contributed by atoms with Crippen LogP contribution < -0.4 is 4.90 Å². The number of amides is 1. The molecule has 0 aliphatic carbocycles. The molecule has 6 nitrogen and oxygen atoms in total. The second-order valence-corrected chi connectivity index (χ2v) is 9.00. The monoisotopic (exact) mass is 435 g/mol. The van der Waals surface area contributed by atoms with Gasteiger partial charge in [0, 0.05) is 6.42 Å². The summed E-state index contributed by atoms with van der Waals surface area (Å²) in [5.41, 5.74) is 1.71. The SMILES string of the molecule is Cc1nc(CC(C)(C)C)sc1N(Cc1cccc(C#N)c1)C(=O)COC(=O)C(F)F. The van der Waals surface area contributed by atoms with Crippen molar-refractivity contribution in [3.05, 3.63) is 46.1 Å². The molecule has 0 aliphatic rings. The Hall–Kier alpha value is -2.86. The first-order chi connectivity index (χ1) is 14.0. The summed E-state index contributed by atoms with van der Waals surface area (Å²) in [6.45, 7) is 7.25. The van der Waals surface area contributed by atoms with Crippen molar-refractivity contribution in [1.82, 2.24) is 4.98 Å². The van der Waals surface area contributed by atoms with Gasteiger partial charge in [-0.3, -0.25) is 9.69 Å². The Morgan fingerprint density at radius 1 is 1.33 bits per heavy atom. The first-order valence-corrected chi connectivity index (χ1v) is 10.0. The van der Waals surface area contributed by atoms with Gasteiger partial charge >= 0.3 is 12.4 Å². The lowest BCUT2D eigenvalue weighted by molar-refractivity contribution is -0.158. The zero-order valence-electron chi connectivity index (χ0n) is 17.2. The van der Waals surface area contributed by atoms with Gasteiger partial charge in [-0.1, -0.05) is 32.9 Å². The first kappa shape index (κ1) is 23.4. The molecule has 0 atom stereocenters. The van der Waals surface area contributed by atoms with Gasteiger partial charge in [0.15, 0.2) is 6.61 Å². The molecule has 0 fully saturated rings. The lowest BCUT2D eigenvalue weighted by Crippen LogP contribution is -2.35. The van der Waals surface area contributed by atoms with Crippen LogP contribution in [0.4, 0.5) is 13.8 Å². The molecule has 1 amide bonds. The molecule has 1 aromatic heterocycles. The molecule has 30 heavy (non-hydrogen) atoms. The number of carbonyl (C=O) groups excluding carboxylic acids is 2. The quantitative estimate of drug-likeness (QED) is 0.607. The number of aryl methyl sites for hydroxylation is 1. The van der Waals surface area contributed by atoms with Gasteiger partial charge in [-0.15, -0.1) is 11.3 Å². The van der Waals surface area contributed by atoms with E-state index in [-0.39, 0.29) is 12.0 Å². The number of alkyl halides is 2. The van der Waals surface area contributed by atoms with E-state index in [1.807, 2.05) is 6.07 Å². The molecule has 9 heteroatoms. The normalized spacial score (nSPS) is 11.3. The minimum Gasteiger partial charge on any atom is -0.451 e. The lowest BCUT2D eigenvalue weighted by atomic mass is 9.93. The fraction of sp³-hybridized carbons (Fsp3) is 0.429. The predicted octanol–water partition coefficient (Wildman–Crippen LogP) is 4.25. The van der Waals surface area contributed by atoms with Crippen LogP contribution in [0.2, 0.25) is 0 Å². The number of carbonyl (C=O) groups is 2. The van der Waals surface area contributed by atoms with Crippen LogP contribution in [0.3, 0.4) is 0 Å². The Bertz CT molecular complexity index is 961. The molecule has 0 N–H and O–H groups in total. The van der Waals surface area contributed by atoms with Crippen LogP contribution in [0, 0.1) is 23.7 Å². The van der Waals surface area contributed by atoms with Crippen LogP contribution in [0.15, 0.2) is 24.3 Å². The second-order valence-electron chi connectivity index (χ2n) is 7.94. The van der Waals surface area contributed by atoms with Crippen LogP contribution in [-0.2, 0) is 27.3 Å². The molecule has 160 valence electrons. The topological polar surface area (TPSA) is 83.3 Å². The van der Waals surface area contributed by atoms with E-state index in [0.717, 1.165) is 5.01 Å². The number of thiazole rings is 1. The summed E-state index contributed by atoms with van der Waals surface area (Å²) in [5, 5.41) is 10.5. The molecule has 0 aliphatic heterocycles. The molecule has 0 saturated carbocycles. The highest BCUT2D eigenvalue weighted by Crippen LogP contribution is 2.33. The van der Waals surface area contributed by atoms with Crippen LogP contribution in [0.5, 0.6) is 0 Å². The van der Waals surface area contributed by atoms with Crippen molar-refractivity contribution in [3.8, 4) is 6.07 Å². The zero-order chi connectivity index (χ0) is 22.5. The molecule has 1 aromatic carbocycles. The first-order valence-electron chi connectivity index (χ1n) is 9.20. The van der Waals surface area contributed by atoms with Crippen molar-refractivity contribution in [2.45, 2.75) is 47.1 Å². The standard InChI is InChI=1S/C21H23F2N3O3S/c1-13-19(30-16(25-13)9-21(2,3)4)26(17(27)12-29-20(28)18(22)23)11-15-7-5-6-14(8-15)10-24/h5-8,18H,9,11-12H2,1-4H3. The van der Waals surface area contributed by atoms with Crippen molar-refractivity contribution in [3.63, 3.8) is 0 Å². The summed E-state index contributed by atoms with van der Waals surface area (Å²) in [5.74, 6) is -2.40. The van der Waals surface area contributed by atoms with Crippen molar-refractivity contribution in [2.24, 2.45) is 5.41 Å². The maximum Gasteiger partial charge on any atom is 0.374 e. The lowest BCUT2D eigenvalue weighted by Gasteiger charge is -2.22. The van der Waals surface area contributed by atoms with Gasteiger partial charge in [-0.05, 0) is 30.0 Å². The molecular weight excluding hydrogens is 412 g/mol. The number of aromatic nitrogens is 1. The fourth-order valence-corrected chi connectivity index (χ4v) is 4.07. The van der Waals surface area contributed by atoms with Gasteiger partial charge < -0.3 is 4.74 Å². The van der Waals surface area contributed by atoms with E-state index in [4.69, 9.17) is 5.26 Å². The smallest absolute Gasteiger partial charge is 0.374 e. The van der Waals surface area contributed by atoms with E-state index >= 15 is 0 Å². The number of nitrogens with zero attached hydrogens (tertiary/aromatic N) is 3. The number of esters is 1. The highest BCUT2D eigenvalue weighted by molar-refractivity contribution is 7.16. The maximum absolute atomic E-state index is 12.8. The van der Waals surface area contributed by atoms with Crippen molar-refractivity contribution in [2.75, 3.05) is 11.5 Å². The third-order valence-electron chi connectivity index (χ3n) is 3.96. The number of halogens is 2. The van der Waals surface area contributed by atoms with Crippen molar-refractivity contribution >= 4 is 28.2 Å². The van der Waals surface area contributed by atoms with Gasteiger partial charge in [0.2, 0.25) is 0 Å². The van der Waals surface area contributed by atoms with E-state index < -0.39 is 24.9 Å². The van der Waals surface area contributed by atoms with Crippen molar-refractivity contribution < 1.29 is 23.1 Å². The Labute approximate surface area is 178 Å². The second kappa shape index (κ2) is 9.76. The number of hydrogen-bond acceptors (Lipinski definition) is 6. The van der Waals surface area contributed by atoms with Crippen LogP contribution in [-0.4, -0.2) is 29.9 Å². The molecule has 0 unspecified atom stereocenters. The molecule has 0 radical (unpaired) electrons. The number of benzene rings is 1. The molecule has 1 heterocycles. The summed E-state index contributed by atoms with van der Waals surface area (Å²) in [6.07, 6.45) is -2.60. The fourth-order valence-electron chi connectivity index (χ4n) is 2.69. The average molecular weight is 435 g/mol. The zero-order valence-corrected chi connectivity index (χ0v) is 18.1. The van der Waals surface area contributed by atoms with Gasteiger partial charge in [0.05, 0.1) is 28.9 Å². The van der Waals surface area contributed by atoms with Crippen LogP contribution >= 0.6 is 11.3 Å². The molecular formula is C21H23F2N3O3S. The Morgan fingerprint density at radius 3 is 2.63 bits per heavy atom. The average Bonchev–Trinajstić information content (AvgIpc) is 3.01. The van der Waals surface area contributed by atoms with Crippen LogP contribution in [0.25, 0.3) is 0 Å². The highest BCUT2D eigenvalue weighted by atomic mass is 32.1. The summed E-state index contributed by atoms with van der Waals surface area (Å²) in [6, 6.07) is 8.75. The van der Waals surface area contributed by atoms with E-state index in [9.17, 15) is 18.4 Å². The van der Waals surface area contributed by atoms with Crippen molar-refractivity contribution in [1.29, 1.82) is 5.26 Å². The van der Waals surface area contributed by atoms with Gasteiger partial charge in [0.25, 0.3) is 5.91 Å². The highest BCUT2D eigenvalue weighted by Gasteiger charge is 2.26. The molecule has 0 saturated heterocycles. The molecule has 0 spiro atoms. The molecule has 0 bridgehead atoms. The number of rotatable bonds is 7. The van der Waals surface area contributed by atoms with Gasteiger partial charge in [-0.25, -0.2) is 9.78 Å². The number of ether oxygens (including phenoxy) is 1. The van der Waals surface area contributed by atoms with E-state index in [0.29, 0.717) is 28.2 Å². The summed E-state index contributed by atoms with van der Waals surface area (Å²) in [4.78, 5) is 29.8. The number of hydrogen-bond donors (Lipinski definition) is 0. The summed E-state index contributed by atoms with van der Waals surface area (Å²) >= 11 is 1.33. The summed E-state index contributed by atoms with van der Waals surface area (Å²) < 4.78 is 29.3. The van der Waals surface area contributed by atoms with Gasteiger partial charge in [0.1, 0.15) is 5.00 Å². The molecule has 2 aromatic rings. The number of nitriles is 1. The molecule has 2 rings (SSSR count). The minimum absolute atomic E-state index is 0.00960. The van der Waals surface area contributed by atoms with Crippen LogP contribution in [0.1, 0.15) is 42.6 Å². The number of anilines is 1. The third-order valence-corrected chi connectivity index (χ3v) is 5.14. The maximum atomic E-state index is 12.8. The van der Waals surface area contributed by atoms with Gasteiger partial charge in [-0.2, -0.15) is 14.0 Å². The van der Waals surface area contributed by atoms with E-state index in [1.165, 1.54) is 16.2 Å². The predicted molar refractivity (Wildman–Crippen MR) is 109 cm³/mol. The Morgan fingerprint density at radius 2 is 2.03 bits per heavy atom. The third kappa shape index (κ3) is 6.59. The Kier molecular flexibility index (Phi) is 7.62. The minimum atomic E-state index is -3.30. The van der Waals surface area contributed by atoms with E-state index in [1.54, 1.807) is 31.2 Å².